The molecule has 82 valence electrons. The van der Waals surface area contributed by atoms with Crippen LogP contribution in [0.25, 0.3) is 0 Å². The minimum absolute atomic E-state index is 0.298. The highest BCUT2D eigenvalue weighted by atomic mass is 32.2. The average Bonchev–Trinajstić information content (AvgIpc) is 2.45. The highest BCUT2D eigenvalue weighted by Crippen LogP contribution is 2.24. The van der Waals surface area contributed by atoms with Gasteiger partial charge in [0.05, 0.1) is 5.75 Å². The lowest BCUT2D eigenvalue weighted by Gasteiger charge is -2.30. The van der Waals surface area contributed by atoms with Gasteiger partial charge in [0.1, 0.15) is 0 Å². The summed E-state index contributed by atoms with van der Waals surface area (Å²) in [5.41, 5.74) is 0. The Bertz CT molecular complexity index is 290. The average molecular weight is 218 g/mol. The van der Waals surface area contributed by atoms with Crippen molar-refractivity contribution in [1.29, 1.82) is 0 Å². The maximum atomic E-state index is 11.8. The summed E-state index contributed by atoms with van der Waals surface area (Å²) < 4.78 is 25.3. The fraction of sp³-hybridized carbons (Fsp3) is 1.00. The summed E-state index contributed by atoms with van der Waals surface area (Å²) in [6, 6.07) is 0.403. The Kier molecular flexibility index (Phi) is 2.81. The molecule has 0 aromatic heterocycles. The Labute approximate surface area is 85.7 Å². The van der Waals surface area contributed by atoms with Gasteiger partial charge in [-0.25, -0.2) is 12.7 Å². The SMILES string of the molecule is CCCS(=O)(=O)N1C[C@@H]2CN[C@@H](C2)C1. The van der Waals surface area contributed by atoms with Crippen molar-refractivity contribution in [2.75, 3.05) is 25.4 Å². The quantitative estimate of drug-likeness (QED) is 0.726. The number of nitrogens with one attached hydrogen (secondary N) is 1. The lowest BCUT2D eigenvalue weighted by Crippen LogP contribution is -2.45. The molecular formula is C9H18N2O2S. The van der Waals surface area contributed by atoms with Gasteiger partial charge in [0.2, 0.25) is 10.0 Å². The van der Waals surface area contributed by atoms with E-state index in [-0.39, 0.29) is 0 Å². The van der Waals surface area contributed by atoms with Crippen LogP contribution in [0.15, 0.2) is 0 Å². The van der Waals surface area contributed by atoms with E-state index in [1.807, 2.05) is 6.92 Å². The lowest BCUT2D eigenvalue weighted by atomic mass is 10.0. The molecule has 14 heavy (non-hydrogen) atoms. The number of hydrogen-bond acceptors (Lipinski definition) is 3. The summed E-state index contributed by atoms with van der Waals surface area (Å²) in [5.74, 6) is 0.840. The zero-order valence-corrected chi connectivity index (χ0v) is 9.39. The molecule has 0 amide bonds. The molecule has 2 atom stereocenters. The van der Waals surface area contributed by atoms with Gasteiger partial charge >= 0.3 is 0 Å². The monoisotopic (exact) mass is 218 g/mol. The summed E-state index contributed by atoms with van der Waals surface area (Å²) in [6.45, 7) is 4.31. The Morgan fingerprint density at radius 3 is 2.86 bits per heavy atom. The van der Waals surface area contributed by atoms with Gasteiger partial charge in [0.15, 0.2) is 0 Å². The number of nitrogens with zero attached hydrogens (tertiary/aromatic N) is 1. The zero-order chi connectivity index (χ0) is 10.2. The second-order valence-electron chi connectivity index (χ2n) is 4.34. The van der Waals surface area contributed by atoms with E-state index >= 15 is 0 Å². The molecule has 0 radical (unpaired) electrons. The number of sulfonamides is 1. The molecule has 0 unspecified atom stereocenters. The fourth-order valence-electron chi connectivity index (χ4n) is 2.40. The summed E-state index contributed by atoms with van der Waals surface area (Å²) >= 11 is 0. The van der Waals surface area contributed by atoms with Crippen LogP contribution in [-0.2, 0) is 10.0 Å². The topological polar surface area (TPSA) is 49.4 Å². The maximum absolute atomic E-state index is 11.8. The number of fused-ring (bicyclic) bond motifs is 2. The van der Waals surface area contributed by atoms with E-state index < -0.39 is 10.0 Å². The lowest BCUT2D eigenvalue weighted by molar-refractivity contribution is 0.295. The predicted molar refractivity (Wildman–Crippen MR) is 55.5 cm³/mol. The first kappa shape index (κ1) is 10.4. The standard InChI is InChI=1S/C9H18N2O2S/c1-2-3-14(12,13)11-6-8-4-9(7-11)10-5-8/h8-10H,2-7H2,1H3/t8-,9-/m0/s1. The van der Waals surface area contributed by atoms with Gasteiger partial charge < -0.3 is 5.32 Å². The minimum atomic E-state index is -2.97. The van der Waals surface area contributed by atoms with Crippen LogP contribution in [0.4, 0.5) is 0 Å². The van der Waals surface area contributed by atoms with E-state index in [0.29, 0.717) is 30.7 Å². The van der Waals surface area contributed by atoms with Gasteiger partial charge in [-0.05, 0) is 25.3 Å². The molecular weight excluding hydrogens is 200 g/mol. The highest BCUT2D eigenvalue weighted by molar-refractivity contribution is 7.89. The molecule has 2 aliphatic heterocycles. The van der Waals surface area contributed by atoms with Crippen LogP contribution in [0.5, 0.6) is 0 Å². The largest absolute Gasteiger partial charge is 0.312 e. The van der Waals surface area contributed by atoms with Crippen LogP contribution in [0.2, 0.25) is 0 Å². The third kappa shape index (κ3) is 1.94. The first-order chi connectivity index (χ1) is 6.62. The normalized spacial score (nSPS) is 33.5. The van der Waals surface area contributed by atoms with E-state index in [4.69, 9.17) is 0 Å². The fourth-order valence-corrected chi connectivity index (χ4v) is 4.02. The van der Waals surface area contributed by atoms with Crippen molar-refractivity contribution in [2.45, 2.75) is 25.8 Å². The minimum Gasteiger partial charge on any atom is -0.312 e. The first-order valence-electron chi connectivity index (χ1n) is 5.33. The third-order valence-corrected chi connectivity index (χ3v) is 5.06. The number of hydrogen-bond donors (Lipinski definition) is 1. The Hall–Kier alpha value is -0.130. The van der Waals surface area contributed by atoms with Crippen molar-refractivity contribution in [3.63, 3.8) is 0 Å². The maximum Gasteiger partial charge on any atom is 0.214 e. The summed E-state index contributed by atoms with van der Waals surface area (Å²) in [5, 5.41) is 3.36. The van der Waals surface area contributed by atoms with Crippen molar-refractivity contribution in [3.8, 4) is 0 Å². The van der Waals surface area contributed by atoms with Crippen LogP contribution >= 0.6 is 0 Å². The van der Waals surface area contributed by atoms with E-state index in [2.05, 4.69) is 5.32 Å². The second kappa shape index (κ2) is 3.79. The van der Waals surface area contributed by atoms with Gasteiger partial charge in [-0.15, -0.1) is 0 Å². The number of rotatable bonds is 3. The van der Waals surface area contributed by atoms with E-state index in [0.717, 1.165) is 19.5 Å². The van der Waals surface area contributed by atoms with Crippen LogP contribution in [-0.4, -0.2) is 44.2 Å². The Balaban J connectivity index is 2.05. The summed E-state index contributed by atoms with van der Waals surface area (Å²) in [6.07, 6.45) is 1.86. The molecule has 5 heteroatoms. The first-order valence-corrected chi connectivity index (χ1v) is 6.94. The molecule has 2 bridgehead atoms. The molecule has 2 heterocycles. The Morgan fingerprint density at radius 1 is 1.43 bits per heavy atom. The molecule has 0 spiro atoms. The van der Waals surface area contributed by atoms with Crippen molar-refractivity contribution in [2.24, 2.45) is 5.92 Å². The van der Waals surface area contributed by atoms with Crippen molar-refractivity contribution < 1.29 is 8.42 Å². The molecule has 2 saturated heterocycles. The van der Waals surface area contributed by atoms with Crippen molar-refractivity contribution in [3.05, 3.63) is 0 Å². The van der Waals surface area contributed by atoms with Gasteiger partial charge in [-0.1, -0.05) is 6.92 Å². The summed E-state index contributed by atoms with van der Waals surface area (Å²) in [7, 11) is -2.97. The molecule has 2 aliphatic rings. The molecule has 2 rings (SSSR count). The summed E-state index contributed by atoms with van der Waals surface area (Å²) in [4.78, 5) is 0. The number of piperidine rings is 1. The van der Waals surface area contributed by atoms with Crippen LogP contribution in [0.3, 0.4) is 0 Å². The molecule has 4 nitrogen and oxygen atoms in total. The highest BCUT2D eigenvalue weighted by Gasteiger charge is 2.37. The van der Waals surface area contributed by atoms with E-state index in [9.17, 15) is 8.42 Å². The Morgan fingerprint density at radius 2 is 2.21 bits per heavy atom. The van der Waals surface area contributed by atoms with Crippen LogP contribution in [0, 0.1) is 5.92 Å². The molecule has 0 saturated carbocycles. The molecule has 2 fully saturated rings. The van der Waals surface area contributed by atoms with Gasteiger partial charge in [0, 0.05) is 19.1 Å². The van der Waals surface area contributed by atoms with E-state index in [1.54, 1.807) is 4.31 Å². The molecule has 1 N–H and O–H groups in total. The van der Waals surface area contributed by atoms with E-state index in [1.165, 1.54) is 0 Å². The molecule has 0 aromatic carbocycles. The smallest absolute Gasteiger partial charge is 0.214 e. The third-order valence-electron chi connectivity index (χ3n) is 3.05. The second-order valence-corrected chi connectivity index (χ2v) is 6.43. The molecule has 0 aliphatic carbocycles. The van der Waals surface area contributed by atoms with Crippen LogP contribution in [0.1, 0.15) is 19.8 Å². The van der Waals surface area contributed by atoms with Crippen molar-refractivity contribution in [1.82, 2.24) is 9.62 Å². The van der Waals surface area contributed by atoms with Gasteiger partial charge in [0.25, 0.3) is 0 Å². The van der Waals surface area contributed by atoms with Gasteiger partial charge in [-0.3, -0.25) is 0 Å². The molecule has 0 aromatic rings. The predicted octanol–water partition coefficient (Wildman–Crippen LogP) is 0.0199. The van der Waals surface area contributed by atoms with Crippen LogP contribution < -0.4 is 5.32 Å². The van der Waals surface area contributed by atoms with Gasteiger partial charge in [-0.2, -0.15) is 0 Å². The van der Waals surface area contributed by atoms with Crippen molar-refractivity contribution >= 4 is 10.0 Å². The zero-order valence-electron chi connectivity index (χ0n) is 8.57.